The van der Waals surface area contributed by atoms with Crippen molar-refractivity contribution >= 4 is 15.9 Å². The van der Waals surface area contributed by atoms with Crippen molar-refractivity contribution < 1.29 is 35.2 Å². The van der Waals surface area contributed by atoms with Gasteiger partial charge in [-0.25, -0.2) is 12.8 Å². The molecule has 0 unspecified atom stereocenters. The maximum Gasteiger partial charge on any atom is 0.416 e. The summed E-state index contributed by atoms with van der Waals surface area (Å²) in [5, 5.41) is 0. The molecule has 0 aliphatic rings. The first-order valence-corrected chi connectivity index (χ1v) is 12.5. The van der Waals surface area contributed by atoms with Gasteiger partial charge in [-0.15, -0.1) is 0 Å². The number of carbonyl (C=O) groups excluding carboxylic acids is 1. The number of carbonyl (C=O) groups is 1. The molecule has 11 heteroatoms. The highest BCUT2D eigenvalue weighted by Gasteiger charge is 2.34. The molecule has 0 aliphatic carbocycles. The monoisotopic (exact) mass is 526 g/mol. The van der Waals surface area contributed by atoms with Gasteiger partial charge < -0.3 is 9.32 Å². The van der Waals surface area contributed by atoms with Crippen LogP contribution in [0.5, 0.6) is 0 Å². The number of nitrogens with zero attached hydrogens (tertiary/aromatic N) is 2. The van der Waals surface area contributed by atoms with E-state index in [2.05, 4.69) is 0 Å². The summed E-state index contributed by atoms with van der Waals surface area (Å²) in [5.74, 6) is -0.805. The van der Waals surface area contributed by atoms with E-state index < -0.39 is 44.9 Å². The van der Waals surface area contributed by atoms with Crippen molar-refractivity contribution in [1.29, 1.82) is 0 Å². The Bertz CT molecular complexity index is 1260. The van der Waals surface area contributed by atoms with Gasteiger partial charge in [0.25, 0.3) is 0 Å². The van der Waals surface area contributed by atoms with Crippen LogP contribution in [0.4, 0.5) is 17.6 Å². The molecule has 0 atom stereocenters. The lowest BCUT2D eigenvalue weighted by Gasteiger charge is -2.28. The number of halogens is 4. The van der Waals surface area contributed by atoms with Gasteiger partial charge in [0.15, 0.2) is 0 Å². The molecule has 1 aromatic heterocycles. The molecule has 0 saturated carbocycles. The Labute approximate surface area is 207 Å². The van der Waals surface area contributed by atoms with Gasteiger partial charge in [0.2, 0.25) is 15.9 Å². The Morgan fingerprint density at radius 3 is 2.28 bits per heavy atom. The van der Waals surface area contributed by atoms with Crippen LogP contribution in [0.15, 0.2) is 76.2 Å². The van der Waals surface area contributed by atoms with E-state index in [1.165, 1.54) is 35.4 Å². The summed E-state index contributed by atoms with van der Waals surface area (Å²) in [7, 11) is -4.44. The molecule has 0 N–H and O–H groups in total. The SMILES string of the molecule is CC(C)CN(CC(=O)N(Cc1ccc(F)cc1)Cc1ccco1)S(=O)(=O)c1cccc(C(F)(F)F)c1. The zero-order valence-electron chi connectivity index (χ0n) is 19.7. The van der Waals surface area contributed by atoms with E-state index >= 15 is 0 Å². The lowest BCUT2D eigenvalue weighted by molar-refractivity contribution is -0.137. The van der Waals surface area contributed by atoms with Crippen molar-refractivity contribution in [1.82, 2.24) is 9.21 Å². The van der Waals surface area contributed by atoms with Crippen LogP contribution in [0.1, 0.15) is 30.7 Å². The number of hydrogen-bond donors (Lipinski definition) is 0. The second-order valence-electron chi connectivity index (χ2n) is 8.67. The molecule has 194 valence electrons. The average Bonchev–Trinajstić information content (AvgIpc) is 3.32. The van der Waals surface area contributed by atoms with Gasteiger partial charge >= 0.3 is 6.18 Å². The van der Waals surface area contributed by atoms with E-state index in [4.69, 9.17) is 4.42 Å². The number of furan rings is 1. The quantitative estimate of drug-likeness (QED) is 0.336. The third-order valence-corrected chi connectivity index (χ3v) is 7.05. The predicted octanol–water partition coefficient (Wildman–Crippen LogP) is 5.31. The first-order valence-electron chi connectivity index (χ1n) is 11.1. The van der Waals surface area contributed by atoms with E-state index in [9.17, 15) is 30.8 Å². The molecular formula is C25H26F4N2O4S. The van der Waals surface area contributed by atoms with Gasteiger partial charge in [-0.1, -0.05) is 32.0 Å². The molecule has 0 fully saturated rings. The molecule has 3 aromatic rings. The summed E-state index contributed by atoms with van der Waals surface area (Å²) < 4.78 is 85.8. The molecule has 0 radical (unpaired) electrons. The number of hydrogen-bond acceptors (Lipinski definition) is 4. The normalized spacial score (nSPS) is 12.3. The van der Waals surface area contributed by atoms with E-state index in [0.29, 0.717) is 17.4 Å². The van der Waals surface area contributed by atoms with Gasteiger partial charge in [0.05, 0.1) is 29.8 Å². The standard InChI is InChI=1S/C25H26F4N2O4S/c1-18(2)14-31(36(33,34)23-7-3-5-20(13-23)25(27,28)29)17-24(32)30(16-22-6-4-12-35-22)15-19-8-10-21(26)11-9-19/h3-13,18H,14-17H2,1-2H3. The Kier molecular flexibility index (Phi) is 8.57. The van der Waals surface area contributed by atoms with Crippen LogP contribution in [0.3, 0.4) is 0 Å². The fourth-order valence-electron chi connectivity index (χ4n) is 3.52. The van der Waals surface area contributed by atoms with Crippen molar-refractivity contribution in [3.05, 3.63) is 89.6 Å². The van der Waals surface area contributed by atoms with Crippen LogP contribution >= 0.6 is 0 Å². The van der Waals surface area contributed by atoms with E-state index in [0.717, 1.165) is 22.5 Å². The Morgan fingerprint density at radius 2 is 1.69 bits per heavy atom. The lowest BCUT2D eigenvalue weighted by Crippen LogP contribution is -2.43. The van der Waals surface area contributed by atoms with Crippen LogP contribution < -0.4 is 0 Å². The zero-order chi connectivity index (χ0) is 26.5. The summed E-state index contributed by atoms with van der Waals surface area (Å²) in [5.41, 5.74) is -0.498. The largest absolute Gasteiger partial charge is 0.467 e. The molecule has 0 saturated heterocycles. The summed E-state index contributed by atoms with van der Waals surface area (Å²) in [4.78, 5) is 14.2. The second kappa shape index (κ2) is 11.3. The lowest BCUT2D eigenvalue weighted by atomic mass is 10.2. The molecule has 2 aromatic carbocycles. The minimum absolute atomic E-state index is 0.0162. The van der Waals surface area contributed by atoms with Crippen molar-refractivity contribution in [2.45, 2.75) is 38.0 Å². The number of sulfonamides is 1. The van der Waals surface area contributed by atoms with Gasteiger partial charge in [-0.3, -0.25) is 4.79 Å². The second-order valence-corrected chi connectivity index (χ2v) is 10.6. The van der Waals surface area contributed by atoms with Gasteiger partial charge in [-0.05, 0) is 53.9 Å². The molecular weight excluding hydrogens is 500 g/mol. The molecule has 0 aliphatic heterocycles. The molecule has 6 nitrogen and oxygen atoms in total. The van der Waals surface area contributed by atoms with Crippen LogP contribution in [-0.2, 0) is 34.1 Å². The van der Waals surface area contributed by atoms with E-state index in [-0.39, 0.29) is 25.6 Å². The Morgan fingerprint density at radius 1 is 1.00 bits per heavy atom. The van der Waals surface area contributed by atoms with Crippen molar-refractivity contribution in [3.63, 3.8) is 0 Å². The maximum absolute atomic E-state index is 13.4. The van der Waals surface area contributed by atoms with Gasteiger partial charge in [-0.2, -0.15) is 17.5 Å². The highest BCUT2D eigenvalue weighted by atomic mass is 32.2. The number of alkyl halides is 3. The third-order valence-electron chi connectivity index (χ3n) is 5.25. The van der Waals surface area contributed by atoms with Crippen molar-refractivity contribution in [3.8, 4) is 0 Å². The molecule has 1 heterocycles. The highest BCUT2D eigenvalue weighted by Crippen LogP contribution is 2.31. The third kappa shape index (κ3) is 7.17. The molecule has 0 spiro atoms. The van der Waals surface area contributed by atoms with E-state index in [1.54, 1.807) is 26.0 Å². The molecule has 1 amide bonds. The fraction of sp³-hybridized carbons (Fsp3) is 0.320. The molecule has 36 heavy (non-hydrogen) atoms. The van der Waals surface area contributed by atoms with Crippen molar-refractivity contribution in [2.24, 2.45) is 5.92 Å². The summed E-state index contributed by atoms with van der Waals surface area (Å²) in [6, 6.07) is 12.2. The minimum atomic E-state index is -4.72. The summed E-state index contributed by atoms with van der Waals surface area (Å²) >= 11 is 0. The van der Waals surface area contributed by atoms with Crippen LogP contribution in [0, 0.1) is 11.7 Å². The number of rotatable bonds is 10. The van der Waals surface area contributed by atoms with Crippen LogP contribution in [0.2, 0.25) is 0 Å². The van der Waals surface area contributed by atoms with E-state index in [1.807, 2.05) is 0 Å². The zero-order valence-corrected chi connectivity index (χ0v) is 20.5. The number of amides is 1. The maximum atomic E-state index is 13.4. The summed E-state index contributed by atoms with van der Waals surface area (Å²) in [6.07, 6.45) is -3.29. The first-order chi connectivity index (χ1) is 16.9. The van der Waals surface area contributed by atoms with Crippen LogP contribution in [0.25, 0.3) is 0 Å². The van der Waals surface area contributed by atoms with Crippen LogP contribution in [-0.4, -0.2) is 36.6 Å². The predicted molar refractivity (Wildman–Crippen MR) is 124 cm³/mol. The Hall–Kier alpha value is -3.18. The van der Waals surface area contributed by atoms with Gasteiger partial charge in [0, 0.05) is 13.1 Å². The molecule has 3 rings (SSSR count). The summed E-state index contributed by atoms with van der Waals surface area (Å²) in [6.45, 7) is 2.84. The average molecular weight is 527 g/mol. The highest BCUT2D eigenvalue weighted by molar-refractivity contribution is 7.89. The van der Waals surface area contributed by atoms with Gasteiger partial charge in [0.1, 0.15) is 11.6 Å². The minimum Gasteiger partial charge on any atom is -0.467 e. The first kappa shape index (κ1) is 27.4. The smallest absolute Gasteiger partial charge is 0.416 e. The topological polar surface area (TPSA) is 70.8 Å². The Balaban J connectivity index is 1.91. The number of benzene rings is 2. The fourth-order valence-corrected chi connectivity index (χ4v) is 5.12. The van der Waals surface area contributed by atoms with Crippen molar-refractivity contribution in [2.75, 3.05) is 13.1 Å². The molecule has 0 bridgehead atoms.